The molecule has 0 saturated carbocycles. The van der Waals surface area contributed by atoms with Gasteiger partial charge in [-0.2, -0.15) is 4.98 Å². The second kappa shape index (κ2) is 10.8. The summed E-state index contributed by atoms with van der Waals surface area (Å²) in [6, 6.07) is 15.6. The van der Waals surface area contributed by atoms with Gasteiger partial charge in [-0.15, -0.1) is 0 Å². The van der Waals surface area contributed by atoms with Crippen LogP contribution in [0.5, 0.6) is 0 Å². The maximum atomic E-state index is 12.4. The second-order valence-electron chi connectivity index (χ2n) is 7.90. The molecule has 0 saturated heterocycles. The zero-order chi connectivity index (χ0) is 23.2. The van der Waals surface area contributed by atoms with Gasteiger partial charge in [0.25, 0.3) is 5.91 Å². The lowest BCUT2D eigenvalue weighted by molar-refractivity contribution is 0.0949. The van der Waals surface area contributed by atoms with Gasteiger partial charge in [-0.05, 0) is 67.5 Å². The van der Waals surface area contributed by atoms with Gasteiger partial charge in [-0.3, -0.25) is 4.79 Å². The molecule has 0 radical (unpaired) electrons. The Morgan fingerprint density at radius 2 is 1.91 bits per heavy atom. The van der Waals surface area contributed by atoms with E-state index in [1.165, 1.54) is 11.3 Å². The van der Waals surface area contributed by atoms with Gasteiger partial charge in [0, 0.05) is 47.2 Å². The smallest absolute Gasteiger partial charge is 0.251 e. The first-order valence-electron chi connectivity index (χ1n) is 11.3. The summed E-state index contributed by atoms with van der Waals surface area (Å²) in [5, 5.41) is 6.23. The third-order valence-electron chi connectivity index (χ3n) is 5.87. The molecule has 8 heteroatoms. The van der Waals surface area contributed by atoms with Crippen LogP contribution < -0.4 is 15.5 Å². The summed E-state index contributed by atoms with van der Waals surface area (Å²) in [6.07, 6.45) is 2.76. The van der Waals surface area contributed by atoms with Gasteiger partial charge in [0.15, 0.2) is 0 Å². The minimum Gasteiger partial charge on any atom is -0.351 e. The van der Waals surface area contributed by atoms with Crippen molar-refractivity contribution in [3.05, 3.63) is 70.3 Å². The quantitative estimate of drug-likeness (QED) is 0.434. The van der Waals surface area contributed by atoms with Crippen LogP contribution in [0, 0.1) is 0 Å². The standard InChI is InChI=1S/C25H29BrN6O/c1-3-31(4-2)16-14-27-24(33)19-6-9-21(10-7-19)29-25-28-13-11-23(30-25)32-15-12-18-5-8-20(26)17-22(18)32/h5-11,13,17H,3-4,12,14-16H2,1-2H3,(H,27,33)(H,28,29,30). The maximum Gasteiger partial charge on any atom is 0.251 e. The Morgan fingerprint density at radius 3 is 2.67 bits per heavy atom. The molecular formula is C25H29BrN6O. The molecule has 7 nitrogen and oxygen atoms in total. The fourth-order valence-electron chi connectivity index (χ4n) is 3.95. The van der Waals surface area contributed by atoms with Crippen molar-refractivity contribution in [2.45, 2.75) is 20.3 Å². The van der Waals surface area contributed by atoms with Crippen molar-refractivity contribution >= 4 is 45.0 Å². The number of fused-ring (bicyclic) bond motifs is 1. The number of nitrogens with zero attached hydrogens (tertiary/aromatic N) is 4. The highest BCUT2D eigenvalue weighted by Crippen LogP contribution is 2.35. The third kappa shape index (κ3) is 5.69. The van der Waals surface area contributed by atoms with Crippen molar-refractivity contribution in [3.8, 4) is 0 Å². The van der Waals surface area contributed by atoms with E-state index in [0.717, 1.165) is 48.6 Å². The molecule has 2 aromatic carbocycles. The van der Waals surface area contributed by atoms with E-state index in [0.29, 0.717) is 18.1 Å². The number of carbonyl (C=O) groups excluding carboxylic acids is 1. The van der Waals surface area contributed by atoms with E-state index in [1.54, 1.807) is 6.20 Å². The van der Waals surface area contributed by atoms with E-state index in [4.69, 9.17) is 4.98 Å². The van der Waals surface area contributed by atoms with Crippen molar-refractivity contribution in [2.24, 2.45) is 0 Å². The number of likely N-dealkylation sites (N-methyl/N-ethyl adjacent to an activating group) is 1. The van der Waals surface area contributed by atoms with Crippen LogP contribution in [-0.2, 0) is 6.42 Å². The van der Waals surface area contributed by atoms with E-state index in [2.05, 4.69) is 73.4 Å². The highest BCUT2D eigenvalue weighted by molar-refractivity contribution is 9.10. The normalized spacial score (nSPS) is 12.7. The molecular weight excluding hydrogens is 480 g/mol. The van der Waals surface area contributed by atoms with Gasteiger partial charge in [-0.1, -0.05) is 35.8 Å². The number of aromatic nitrogens is 2. The Morgan fingerprint density at radius 1 is 1.12 bits per heavy atom. The molecule has 2 N–H and O–H groups in total. The summed E-state index contributed by atoms with van der Waals surface area (Å²) in [7, 11) is 0. The van der Waals surface area contributed by atoms with Crippen molar-refractivity contribution in [2.75, 3.05) is 42.9 Å². The van der Waals surface area contributed by atoms with Gasteiger partial charge >= 0.3 is 0 Å². The molecule has 1 aliphatic heterocycles. The van der Waals surface area contributed by atoms with Crippen molar-refractivity contribution < 1.29 is 4.79 Å². The molecule has 0 aliphatic carbocycles. The first-order valence-corrected chi connectivity index (χ1v) is 12.1. The fraction of sp³-hybridized carbons (Fsp3) is 0.320. The van der Waals surface area contributed by atoms with Crippen LogP contribution in [0.2, 0.25) is 0 Å². The minimum atomic E-state index is -0.0641. The molecule has 3 aromatic rings. The molecule has 1 amide bonds. The van der Waals surface area contributed by atoms with E-state index >= 15 is 0 Å². The summed E-state index contributed by atoms with van der Waals surface area (Å²) in [4.78, 5) is 26.0. The molecule has 0 spiro atoms. The van der Waals surface area contributed by atoms with Crippen LogP contribution in [0.1, 0.15) is 29.8 Å². The molecule has 172 valence electrons. The number of anilines is 4. The molecule has 2 heterocycles. The Kier molecular flexibility index (Phi) is 7.57. The number of rotatable bonds is 9. The molecule has 0 bridgehead atoms. The molecule has 33 heavy (non-hydrogen) atoms. The molecule has 1 aromatic heterocycles. The number of halogens is 1. The van der Waals surface area contributed by atoms with E-state index < -0.39 is 0 Å². The van der Waals surface area contributed by atoms with Gasteiger partial charge < -0.3 is 20.4 Å². The molecule has 4 rings (SSSR count). The Hall–Kier alpha value is -2.97. The molecule has 1 aliphatic rings. The highest BCUT2D eigenvalue weighted by Gasteiger charge is 2.22. The van der Waals surface area contributed by atoms with Crippen molar-refractivity contribution in [1.82, 2.24) is 20.2 Å². The molecule has 0 atom stereocenters. The lowest BCUT2D eigenvalue weighted by Gasteiger charge is -2.19. The van der Waals surface area contributed by atoms with Crippen LogP contribution in [0.25, 0.3) is 0 Å². The van der Waals surface area contributed by atoms with Gasteiger partial charge in [-0.25, -0.2) is 4.98 Å². The van der Waals surface area contributed by atoms with Crippen LogP contribution in [0.4, 0.5) is 23.1 Å². The Balaban J connectivity index is 1.38. The summed E-state index contributed by atoms with van der Waals surface area (Å²) in [5.41, 5.74) is 3.95. The Bertz CT molecular complexity index is 1100. The van der Waals surface area contributed by atoms with E-state index in [9.17, 15) is 4.79 Å². The average Bonchev–Trinajstić information content (AvgIpc) is 3.25. The van der Waals surface area contributed by atoms with Crippen LogP contribution in [0.15, 0.2) is 59.2 Å². The van der Waals surface area contributed by atoms with Gasteiger partial charge in [0.2, 0.25) is 5.95 Å². The number of hydrogen-bond donors (Lipinski definition) is 2. The predicted molar refractivity (Wildman–Crippen MR) is 137 cm³/mol. The Labute approximate surface area is 203 Å². The zero-order valence-corrected chi connectivity index (χ0v) is 20.6. The summed E-state index contributed by atoms with van der Waals surface area (Å²) in [6.45, 7) is 8.59. The number of amides is 1. The number of hydrogen-bond acceptors (Lipinski definition) is 6. The SMILES string of the molecule is CCN(CC)CCNC(=O)c1ccc(Nc2nccc(N3CCc4ccc(Br)cc43)n2)cc1. The molecule has 0 fully saturated rings. The van der Waals surface area contributed by atoms with Gasteiger partial charge in [0.1, 0.15) is 5.82 Å². The van der Waals surface area contributed by atoms with E-state index in [1.807, 2.05) is 30.3 Å². The van der Waals surface area contributed by atoms with Crippen molar-refractivity contribution in [1.29, 1.82) is 0 Å². The number of nitrogens with one attached hydrogen (secondary N) is 2. The molecule has 0 unspecified atom stereocenters. The largest absolute Gasteiger partial charge is 0.351 e. The van der Waals surface area contributed by atoms with Crippen LogP contribution in [0.3, 0.4) is 0 Å². The van der Waals surface area contributed by atoms with Crippen LogP contribution >= 0.6 is 15.9 Å². The average molecular weight is 509 g/mol. The second-order valence-corrected chi connectivity index (χ2v) is 8.81. The van der Waals surface area contributed by atoms with Gasteiger partial charge in [0.05, 0.1) is 0 Å². The lowest BCUT2D eigenvalue weighted by Crippen LogP contribution is -2.34. The fourth-order valence-corrected chi connectivity index (χ4v) is 4.30. The first kappa shape index (κ1) is 23.2. The maximum absolute atomic E-state index is 12.4. The highest BCUT2D eigenvalue weighted by atomic mass is 79.9. The van der Waals surface area contributed by atoms with Crippen LogP contribution in [-0.4, -0.2) is 53.5 Å². The number of benzene rings is 2. The topological polar surface area (TPSA) is 73.4 Å². The van der Waals surface area contributed by atoms with E-state index in [-0.39, 0.29) is 5.91 Å². The summed E-state index contributed by atoms with van der Waals surface area (Å²) < 4.78 is 1.05. The zero-order valence-electron chi connectivity index (χ0n) is 19.0. The summed E-state index contributed by atoms with van der Waals surface area (Å²) >= 11 is 3.56. The monoisotopic (exact) mass is 508 g/mol. The third-order valence-corrected chi connectivity index (χ3v) is 6.36. The first-order chi connectivity index (χ1) is 16.1. The lowest BCUT2D eigenvalue weighted by atomic mass is 10.2. The predicted octanol–water partition coefficient (Wildman–Crippen LogP) is 4.75. The number of carbonyl (C=O) groups is 1. The summed E-state index contributed by atoms with van der Waals surface area (Å²) in [5.74, 6) is 1.31. The van der Waals surface area contributed by atoms with Crippen molar-refractivity contribution in [3.63, 3.8) is 0 Å². The minimum absolute atomic E-state index is 0.0641.